The Kier molecular flexibility index (Phi) is 5.76. The highest BCUT2D eigenvalue weighted by atomic mass is 19.4. The van der Waals surface area contributed by atoms with Gasteiger partial charge in [-0.1, -0.05) is 0 Å². The SMILES string of the molecule is CCOC(=O)Cc1cc(C(F)F)c([N+](=O)[O-])c(OC(F)(F)F)n1. The smallest absolute Gasteiger partial charge is 0.466 e. The molecule has 0 bridgehead atoms. The lowest BCUT2D eigenvalue weighted by molar-refractivity contribution is -0.390. The van der Waals surface area contributed by atoms with Crippen LogP contribution in [0.15, 0.2) is 6.07 Å². The summed E-state index contributed by atoms with van der Waals surface area (Å²) in [5, 5.41) is 10.8. The van der Waals surface area contributed by atoms with Crippen molar-refractivity contribution in [3.8, 4) is 5.88 Å². The quantitative estimate of drug-likeness (QED) is 0.341. The van der Waals surface area contributed by atoms with Crippen LogP contribution in [0, 0.1) is 10.1 Å². The van der Waals surface area contributed by atoms with Crippen molar-refractivity contribution in [3.63, 3.8) is 0 Å². The van der Waals surface area contributed by atoms with Crippen molar-refractivity contribution < 1.29 is 41.1 Å². The third kappa shape index (κ3) is 5.30. The zero-order valence-electron chi connectivity index (χ0n) is 11.4. The van der Waals surface area contributed by atoms with Gasteiger partial charge in [-0.05, 0) is 13.0 Å². The summed E-state index contributed by atoms with van der Waals surface area (Å²) in [6, 6.07) is 0.461. The second kappa shape index (κ2) is 7.15. The highest BCUT2D eigenvalue weighted by Crippen LogP contribution is 2.38. The maximum Gasteiger partial charge on any atom is 0.574 e. The first-order chi connectivity index (χ1) is 10.5. The maximum absolute atomic E-state index is 12.9. The first-order valence-corrected chi connectivity index (χ1v) is 5.92. The van der Waals surface area contributed by atoms with Crippen LogP contribution in [-0.4, -0.2) is 28.8 Å². The topological polar surface area (TPSA) is 91.6 Å². The Hall–Kier alpha value is -2.53. The van der Waals surface area contributed by atoms with Gasteiger partial charge in [-0.2, -0.15) is 0 Å². The number of pyridine rings is 1. The number of nitro groups is 1. The van der Waals surface area contributed by atoms with E-state index in [0.29, 0.717) is 6.07 Å². The Bertz CT molecular complexity index is 605. The van der Waals surface area contributed by atoms with Crippen LogP contribution in [0.3, 0.4) is 0 Å². The van der Waals surface area contributed by atoms with Gasteiger partial charge in [0.1, 0.15) is 5.56 Å². The Labute approximate surface area is 125 Å². The second-order valence-electron chi connectivity index (χ2n) is 3.94. The highest BCUT2D eigenvalue weighted by molar-refractivity contribution is 5.72. The minimum Gasteiger partial charge on any atom is -0.466 e. The fourth-order valence-corrected chi connectivity index (χ4v) is 1.57. The summed E-state index contributed by atoms with van der Waals surface area (Å²) in [6.07, 6.45) is -9.62. The zero-order chi connectivity index (χ0) is 17.8. The van der Waals surface area contributed by atoms with Crippen molar-refractivity contribution in [2.24, 2.45) is 0 Å². The zero-order valence-corrected chi connectivity index (χ0v) is 11.4. The number of carbonyl (C=O) groups is 1. The van der Waals surface area contributed by atoms with Crippen LogP contribution >= 0.6 is 0 Å². The standard InChI is InChI=1S/C11H9F5N2O5/c1-2-22-7(19)4-5-3-6(9(12)13)8(18(20)21)10(17-5)23-11(14,15)16/h3,9H,2,4H2,1H3. The van der Waals surface area contributed by atoms with Crippen molar-refractivity contribution in [1.82, 2.24) is 4.98 Å². The predicted molar refractivity (Wildman–Crippen MR) is 62.9 cm³/mol. The van der Waals surface area contributed by atoms with Gasteiger partial charge in [0.05, 0.1) is 23.6 Å². The number of hydrogen-bond acceptors (Lipinski definition) is 6. The first-order valence-electron chi connectivity index (χ1n) is 5.92. The molecule has 0 aromatic carbocycles. The molecular formula is C11H9F5N2O5. The Morgan fingerprint density at radius 3 is 2.48 bits per heavy atom. The summed E-state index contributed by atoms with van der Waals surface area (Å²) >= 11 is 0. The molecular weight excluding hydrogens is 335 g/mol. The van der Waals surface area contributed by atoms with Gasteiger partial charge in [0, 0.05) is 0 Å². The largest absolute Gasteiger partial charge is 0.574 e. The lowest BCUT2D eigenvalue weighted by atomic mass is 10.1. The molecule has 1 heterocycles. The molecule has 1 rings (SSSR count). The molecule has 0 saturated carbocycles. The second-order valence-corrected chi connectivity index (χ2v) is 3.94. The van der Waals surface area contributed by atoms with E-state index in [9.17, 15) is 36.9 Å². The number of halogens is 5. The van der Waals surface area contributed by atoms with Crippen LogP contribution < -0.4 is 4.74 Å². The molecule has 12 heteroatoms. The van der Waals surface area contributed by atoms with Crippen LogP contribution in [0.2, 0.25) is 0 Å². The van der Waals surface area contributed by atoms with Gasteiger partial charge in [-0.25, -0.2) is 13.8 Å². The molecule has 128 valence electrons. The summed E-state index contributed by atoms with van der Waals surface area (Å²) in [4.78, 5) is 23.7. The van der Waals surface area contributed by atoms with E-state index in [1.54, 1.807) is 0 Å². The monoisotopic (exact) mass is 344 g/mol. The molecule has 0 unspecified atom stereocenters. The molecule has 0 aliphatic heterocycles. The molecule has 0 aliphatic rings. The number of nitrogens with zero attached hydrogens (tertiary/aromatic N) is 2. The van der Waals surface area contributed by atoms with E-state index in [2.05, 4.69) is 14.5 Å². The van der Waals surface area contributed by atoms with E-state index in [4.69, 9.17) is 0 Å². The molecule has 7 nitrogen and oxygen atoms in total. The Balaban J connectivity index is 3.40. The van der Waals surface area contributed by atoms with Crippen LogP contribution in [0.5, 0.6) is 5.88 Å². The van der Waals surface area contributed by atoms with Crippen LogP contribution in [0.4, 0.5) is 27.6 Å². The molecule has 1 aromatic rings. The fourth-order valence-electron chi connectivity index (χ4n) is 1.57. The molecule has 0 atom stereocenters. The minimum absolute atomic E-state index is 0.0561. The van der Waals surface area contributed by atoms with Gasteiger partial charge >= 0.3 is 23.9 Å². The van der Waals surface area contributed by atoms with Crippen molar-refractivity contribution in [3.05, 3.63) is 27.4 Å². The van der Waals surface area contributed by atoms with Crippen LogP contribution in [-0.2, 0) is 16.0 Å². The molecule has 0 aliphatic carbocycles. The first kappa shape index (κ1) is 18.5. The third-order valence-corrected chi connectivity index (χ3v) is 2.30. The van der Waals surface area contributed by atoms with Crippen molar-refractivity contribution in [1.29, 1.82) is 0 Å². The number of carbonyl (C=O) groups excluding carboxylic acids is 1. The summed E-state index contributed by atoms with van der Waals surface area (Å²) < 4.78 is 70.4. The van der Waals surface area contributed by atoms with E-state index in [0.717, 1.165) is 0 Å². The number of esters is 1. The Morgan fingerprint density at radius 2 is 2.04 bits per heavy atom. The number of alkyl halides is 5. The van der Waals surface area contributed by atoms with Gasteiger partial charge in [0.25, 0.3) is 6.43 Å². The molecule has 0 saturated heterocycles. The number of aromatic nitrogens is 1. The van der Waals surface area contributed by atoms with Crippen LogP contribution in [0.25, 0.3) is 0 Å². The normalized spacial score (nSPS) is 11.4. The number of hydrogen-bond donors (Lipinski definition) is 0. The van der Waals surface area contributed by atoms with Gasteiger partial charge < -0.3 is 9.47 Å². The van der Waals surface area contributed by atoms with Crippen LogP contribution in [0.1, 0.15) is 24.6 Å². The summed E-state index contributed by atoms with van der Waals surface area (Å²) in [5.41, 5.74) is -3.54. The molecule has 0 fully saturated rings. The van der Waals surface area contributed by atoms with E-state index < -0.39 is 52.9 Å². The van der Waals surface area contributed by atoms with Gasteiger partial charge in [0.2, 0.25) is 0 Å². The summed E-state index contributed by atoms with van der Waals surface area (Å²) in [5.74, 6) is -2.62. The van der Waals surface area contributed by atoms with Crippen molar-refractivity contribution in [2.45, 2.75) is 26.1 Å². The van der Waals surface area contributed by atoms with Crippen molar-refractivity contribution >= 4 is 11.7 Å². The maximum atomic E-state index is 12.9. The van der Waals surface area contributed by atoms with Gasteiger partial charge in [0.15, 0.2) is 0 Å². The molecule has 23 heavy (non-hydrogen) atoms. The third-order valence-electron chi connectivity index (χ3n) is 2.30. The number of ether oxygens (including phenoxy) is 2. The van der Waals surface area contributed by atoms with Crippen molar-refractivity contribution in [2.75, 3.05) is 6.61 Å². The highest BCUT2D eigenvalue weighted by Gasteiger charge is 2.38. The minimum atomic E-state index is -5.39. The van der Waals surface area contributed by atoms with E-state index >= 15 is 0 Å². The fraction of sp³-hybridized carbons (Fsp3) is 0.455. The Morgan fingerprint density at radius 1 is 1.43 bits per heavy atom. The lowest BCUT2D eigenvalue weighted by Gasteiger charge is -2.12. The molecule has 0 radical (unpaired) electrons. The van der Waals surface area contributed by atoms with E-state index in [1.807, 2.05) is 0 Å². The average molecular weight is 344 g/mol. The average Bonchev–Trinajstić information content (AvgIpc) is 2.35. The molecule has 0 spiro atoms. The van der Waals surface area contributed by atoms with Gasteiger partial charge in [-0.15, -0.1) is 13.2 Å². The van der Waals surface area contributed by atoms with E-state index in [-0.39, 0.29) is 6.61 Å². The summed E-state index contributed by atoms with van der Waals surface area (Å²) in [6.45, 7) is 1.39. The molecule has 1 aromatic heterocycles. The lowest BCUT2D eigenvalue weighted by Crippen LogP contribution is -2.20. The van der Waals surface area contributed by atoms with E-state index in [1.165, 1.54) is 6.92 Å². The molecule has 0 amide bonds. The number of rotatable bonds is 6. The summed E-state index contributed by atoms with van der Waals surface area (Å²) in [7, 11) is 0. The predicted octanol–water partition coefficient (Wildman–Crippen LogP) is 2.93. The van der Waals surface area contributed by atoms with Gasteiger partial charge in [-0.3, -0.25) is 14.9 Å². The molecule has 0 N–H and O–H groups in total.